The Kier molecular flexibility index (Phi) is 5.13. The number of rotatable bonds is 6. The van der Waals surface area contributed by atoms with Gasteiger partial charge in [0.2, 0.25) is 5.91 Å². The first kappa shape index (κ1) is 14.0. The highest BCUT2D eigenvalue weighted by molar-refractivity contribution is 5.77. The summed E-state index contributed by atoms with van der Waals surface area (Å²) in [5, 5.41) is 17.5. The molecule has 0 unspecified atom stereocenters. The molecule has 0 atom stereocenters. The summed E-state index contributed by atoms with van der Waals surface area (Å²) in [6.45, 7) is -0.380. The largest absolute Gasteiger partial charge is 0.508 e. The molecular weight excluding hydrogens is 238 g/mol. The Morgan fingerprint density at radius 1 is 1.22 bits per heavy atom. The van der Waals surface area contributed by atoms with Crippen molar-refractivity contribution in [3.8, 4) is 5.75 Å². The normalized spacial score (nSPS) is 10.1. The molecule has 0 saturated carbocycles. The molecule has 0 saturated heterocycles. The van der Waals surface area contributed by atoms with Crippen LogP contribution in [0.5, 0.6) is 5.75 Å². The summed E-state index contributed by atoms with van der Waals surface area (Å²) in [6.07, 6.45) is 0. The van der Waals surface area contributed by atoms with Crippen molar-refractivity contribution in [2.75, 3.05) is 20.3 Å². The van der Waals surface area contributed by atoms with Crippen molar-refractivity contribution >= 4 is 11.9 Å². The van der Waals surface area contributed by atoms with E-state index in [1.54, 1.807) is 19.2 Å². The van der Waals surface area contributed by atoms with E-state index in [1.807, 2.05) is 0 Å². The molecule has 0 heterocycles. The van der Waals surface area contributed by atoms with Crippen LogP contribution in [0.4, 0.5) is 0 Å². The van der Waals surface area contributed by atoms with Crippen molar-refractivity contribution in [1.82, 2.24) is 4.90 Å². The number of likely N-dealkylation sites (N-methyl/N-ethyl adjacent to an activating group) is 1. The van der Waals surface area contributed by atoms with Crippen molar-refractivity contribution in [1.29, 1.82) is 0 Å². The number of carbonyl (C=O) groups excluding carboxylic acids is 1. The Balaban J connectivity index is 2.39. The maximum absolute atomic E-state index is 11.6. The molecule has 6 nitrogen and oxygen atoms in total. The third-order valence-electron chi connectivity index (χ3n) is 2.23. The molecule has 6 heteroatoms. The van der Waals surface area contributed by atoms with E-state index < -0.39 is 12.6 Å². The van der Waals surface area contributed by atoms with Crippen molar-refractivity contribution in [2.45, 2.75) is 6.54 Å². The number of carboxylic acids is 1. The first-order valence-electron chi connectivity index (χ1n) is 5.30. The summed E-state index contributed by atoms with van der Waals surface area (Å²) >= 11 is 0. The molecule has 0 aromatic heterocycles. The minimum absolute atomic E-state index is 0.164. The molecule has 0 bridgehead atoms. The number of aromatic hydroxyl groups is 1. The number of aliphatic carboxylic acids is 1. The first-order chi connectivity index (χ1) is 8.49. The van der Waals surface area contributed by atoms with Gasteiger partial charge in [0.15, 0.2) is 0 Å². The zero-order valence-electron chi connectivity index (χ0n) is 10.00. The number of nitrogens with zero attached hydrogens (tertiary/aromatic N) is 1. The van der Waals surface area contributed by atoms with Gasteiger partial charge in [-0.15, -0.1) is 0 Å². The Labute approximate surface area is 104 Å². The van der Waals surface area contributed by atoms with Crippen molar-refractivity contribution in [3.63, 3.8) is 0 Å². The standard InChI is InChI=1S/C12H15NO5/c1-13(11(15)7-18-8-12(16)17)6-9-2-4-10(14)5-3-9/h2-5,14H,6-8H2,1H3,(H,16,17). The maximum Gasteiger partial charge on any atom is 0.329 e. The summed E-state index contributed by atoms with van der Waals surface area (Å²) in [5.74, 6) is -1.24. The van der Waals surface area contributed by atoms with Crippen LogP contribution in [-0.2, 0) is 20.9 Å². The van der Waals surface area contributed by atoms with Gasteiger partial charge in [-0.3, -0.25) is 4.79 Å². The van der Waals surface area contributed by atoms with E-state index in [1.165, 1.54) is 17.0 Å². The summed E-state index contributed by atoms with van der Waals surface area (Å²) < 4.78 is 4.70. The van der Waals surface area contributed by atoms with E-state index in [0.29, 0.717) is 6.54 Å². The van der Waals surface area contributed by atoms with Crippen LogP contribution >= 0.6 is 0 Å². The van der Waals surface area contributed by atoms with Gasteiger partial charge in [-0.1, -0.05) is 12.1 Å². The molecule has 1 aromatic carbocycles. The van der Waals surface area contributed by atoms with Crippen molar-refractivity contribution in [3.05, 3.63) is 29.8 Å². The van der Waals surface area contributed by atoms with Crippen LogP contribution in [-0.4, -0.2) is 47.3 Å². The maximum atomic E-state index is 11.6. The number of ether oxygens (including phenoxy) is 1. The van der Waals surface area contributed by atoms with E-state index in [0.717, 1.165) is 5.56 Å². The second-order valence-corrected chi connectivity index (χ2v) is 3.80. The summed E-state index contributed by atoms with van der Waals surface area (Å²) in [6, 6.07) is 6.48. The predicted molar refractivity (Wildman–Crippen MR) is 63.0 cm³/mol. The average Bonchev–Trinajstić information content (AvgIpc) is 2.31. The lowest BCUT2D eigenvalue weighted by Gasteiger charge is -2.17. The topological polar surface area (TPSA) is 87.1 Å². The number of carboxylic acid groups (broad SMARTS) is 1. The minimum Gasteiger partial charge on any atom is -0.508 e. The number of amides is 1. The van der Waals surface area contributed by atoms with Gasteiger partial charge in [0.05, 0.1) is 0 Å². The van der Waals surface area contributed by atoms with Crippen molar-refractivity contribution in [2.24, 2.45) is 0 Å². The van der Waals surface area contributed by atoms with Gasteiger partial charge >= 0.3 is 5.97 Å². The number of phenols is 1. The van der Waals surface area contributed by atoms with Gasteiger partial charge in [-0.05, 0) is 17.7 Å². The molecule has 0 spiro atoms. The van der Waals surface area contributed by atoms with Crippen LogP contribution in [0, 0.1) is 0 Å². The van der Waals surface area contributed by atoms with Crippen LogP contribution in [0.25, 0.3) is 0 Å². The lowest BCUT2D eigenvalue weighted by atomic mass is 10.2. The van der Waals surface area contributed by atoms with Crippen molar-refractivity contribution < 1.29 is 24.5 Å². The third kappa shape index (κ3) is 4.84. The molecule has 0 aliphatic carbocycles. The molecule has 98 valence electrons. The van der Waals surface area contributed by atoms with Crippen LogP contribution in [0.15, 0.2) is 24.3 Å². The van der Waals surface area contributed by atoms with Gasteiger partial charge in [0, 0.05) is 13.6 Å². The average molecular weight is 253 g/mol. The number of benzene rings is 1. The van der Waals surface area contributed by atoms with Gasteiger partial charge in [-0.25, -0.2) is 4.79 Å². The number of hydrogen-bond donors (Lipinski definition) is 2. The lowest BCUT2D eigenvalue weighted by molar-refractivity contribution is -0.145. The number of carbonyl (C=O) groups is 2. The highest BCUT2D eigenvalue weighted by atomic mass is 16.5. The highest BCUT2D eigenvalue weighted by Gasteiger charge is 2.10. The molecule has 0 aliphatic rings. The molecule has 0 fully saturated rings. The van der Waals surface area contributed by atoms with Crippen LogP contribution in [0.1, 0.15) is 5.56 Å². The van der Waals surface area contributed by atoms with Gasteiger partial charge in [0.25, 0.3) is 0 Å². The minimum atomic E-state index is -1.11. The van der Waals surface area contributed by atoms with Gasteiger partial charge in [0.1, 0.15) is 19.0 Å². The molecule has 1 aromatic rings. The van der Waals surface area contributed by atoms with E-state index >= 15 is 0 Å². The molecule has 18 heavy (non-hydrogen) atoms. The summed E-state index contributed by atoms with van der Waals surface area (Å²) in [7, 11) is 1.60. The molecule has 0 aliphatic heterocycles. The van der Waals surface area contributed by atoms with E-state index in [2.05, 4.69) is 0 Å². The number of phenolic OH excluding ortho intramolecular Hbond substituents is 1. The third-order valence-corrected chi connectivity index (χ3v) is 2.23. The van der Waals surface area contributed by atoms with E-state index in [4.69, 9.17) is 14.9 Å². The first-order valence-corrected chi connectivity index (χ1v) is 5.30. The summed E-state index contributed by atoms with van der Waals surface area (Å²) in [5.41, 5.74) is 0.863. The van der Waals surface area contributed by atoms with Gasteiger partial charge < -0.3 is 19.8 Å². The van der Waals surface area contributed by atoms with Gasteiger partial charge in [-0.2, -0.15) is 0 Å². The molecule has 1 amide bonds. The zero-order valence-corrected chi connectivity index (χ0v) is 10.00. The second kappa shape index (κ2) is 6.61. The smallest absolute Gasteiger partial charge is 0.329 e. The molecule has 1 rings (SSSR count). The summed E-state index contributed by atoms with van der Waals surface area (Å²) in [4.78, 5) is 23.2. The van der Waals surface area contributed by atoms with E-state index in [-0.39, 0.29) is 18.3 Å². The Morgan fingerprint density at radius 3 is 2.39 bits per heavy atom. The van der Waals surface area contributed by atoms with Crippen LogP contribution in [0.2, 0.25) is 0 Å². The van der Waals surface area contributed by atoms with E-state index in [9.17, 15) is 9.59 Å². The number of hydrogen-bond acceptors (Lipinski definition) is 4. The molecule has 0 radical (unpaired) electrons. The molecule has 2 N–H and O–H groups in total. The fraction of sp³-hybridized carbons (Fsp3) is 0.333. The van der Waals surface area contributed by atoms with Crippen LogP contribution in [0.3, 0.4) is 0 Å². The second-order valence-electron chi connectivity index (χ2n) is 3.80. The predicted octanol–water partition coefficient (Wildman–Crippen LogP) is 0.452. The molecular formula is C12H15NO5. The quantitative estimate of drug-likeness (QED) is 0.768. The fourth-order valence-corrected chi connectivity index (χ4v) is 1.30. The lowest BCUT2D eigenvalue weighted by Crippen LogP contribution is -2.30. The highest BCUT2D eigenvalue weighted by Crippen LogP contribution is 2.11. The SMILES string of the molecule is CN(Cc1ccc(O)cc1)C(=O)COCC(=O)O. The fourth-order valence-electron chi connectivity index (χ4n) is 1.30. The monoisotopic (exact) mass is 253 g/mol. The Morgan fingerprint density at radius 2 is 1.83 bits per heavy atom. The van der Waals surface area contributed by atoms with Crippen LogP contribution < -0.4 is 0 Å². The zero-order chi connectivity index (χ0) is 13.5. The Bertz CT molecular complexity index is 415. The Hall–Kier alpha value is -2.08.